The average Bonchev–Trinajstić information content (AvgIpc) is 0.918. The zero-order chi connectivity index (χ0) is 2.71. The van der Waals surface area contributed by atoms with Crippen molar-refractivity contribution in [3.8, 4) is 0 Å². The maximum Gasteiger partial charge on any atom is 0 e. The first-order chi connectivity index (χ1) is 1.41. The van der Waals surface area contributed by atoms with E-state index in [4.69, 9.17) is 5.73 Å². The predicted octanol–water partition coefficient (Wildman–Crippen LogP) is 1.51. The normalized spacial score (nSPS) is 3.60. The van der Waals surface area contributed by atoms with E-state index < -0.39 is 0 Å². The zero-order valence-electron chi connectivity index (χ0n) is 3.71. The molecule has 0 unspecified atom stereocenters. The van der Waals surface area contributed by atoms with E-state index in [1.807, 2.05) is 0 Å². The van der Waals surface area contributed by atoms with E-state index in [0.717, 1.165) is 0 Å². The third-order valence-electron chi connectivity index (χ3n) is 0. The van der Waals surface area contributed by atoms with Gasteiger partial charge < -0.3 is 13.2 Å². The largest absolute Gasteiger partial charge is 0.678 e. The van der Waals surface area contributed by atoms with Crippen LogP contribution in [0.1, 0.15) is 6.92 Å². The molecule has 0 aromatic heterocycles. The summed E-state index contributed by atoms with van der Waals surface area (Å²) in [6, 6.07) is 0. The van der Waals surface area contributed by atoms with Gasteiger partial charge in [-0.15, -0.1) is 0 Å². The average molecular weight is 238 g/mol. The molecule has 0 heterocycles. The summed E-state index contributed by atoms with van der Waals surface area (Å²) in [5, 5.41) is 0. The third kappa shape index (κ3) is 56.1. The molecule has 5 heavy (non-hydrogen) atoms. The minimum Gasteiger partial charge on any atom is -0.678 e. The molecular weight excluding hydrogens is 229 g/mol. The van der Waals surface area contributed by atoms with E-state index in [2.05, 4.69) is 0 Å². The summed E-state index contributed by atoms with van der Waals surface area (Å²) < 4.78 is 0. The molecule has 2 heteroatoms. The summed E-state index contributed by atoms with van der Waals surface area (Å²) in [6.07, 6.45) is 0. The van der Waals surface area contributed by atoms with E-state index in [0.29, 0.717) is 6.54 Å². The predicted molar refractivity (Wildman–Crippen MR) is 21.3 cm³/mol. The van der Waals surface area contributed by atoms with Crippen LogP contribution in [0.25, 0.3) is 5.73 Å². The number of hydrogen-bond acceptors (Lipinski definition) is 0. The molecule has 0 aliphatic carbocycles. The Balaban J connectivity index is -0.0000000200. The minimum absolute atomic E-state index is 0. The van der Waals surface area contributed by atoms with Crippen LogP contribution in [0.3, 0.4) is 0 Å². The number of nitrogens with one attached hydrogen (secondary N) is 1. The summed E-state index contributed by atoms with van der Waals surface area (Å²) in [6.45, 7) is 2.29. The number of rotatable bonds is 0. The molecule has 0 aromatic carbocycles. The minimum atomic E-state index is 0. The summed E-state index contributed by atoms with van der Waals surface area (Å²) in [5.74, 6) is 0. The molecule has 0 fully saturated rings. The maximum absolute atomic E-state index is 6.21. The SMILES string of the molecule is CC[NH-].[CH3-].[Hf]. The van der Waals surface area contributed by atoms with Gasteiger partial charge in [-0.25, -0.2) is 0 Å². The van der Waals surface area contributed by atoms with Crippen molar-refractivity contribution in [1.29, 1.82) is 0 Å². The van der Waals surface area contributed by atoms with Gasteiger partial charge in [0.05, 0.1) is 0 Å². The third-order valence-corrected chi connectivity index (χ3v) is 0. The second-order valence-electron chi connectivity index (χ2n) is 0.354. The van der Waals surface area contributed by atoms with Gasteiger partial charge in [-0.05, 0) is 0 Å². The van der Waals surface area contributed by atoms with Crippen LogP contribution in [0.2, 0.25) is 0 Å². The van der Waals surface area contributed by atoms with Gasteiger partial charge in [0.1, 0.15) is 0 Å². The van der Waals surface area contributed by atoms with Crippen LogP contribution >= 0.6 is 0 Å². The van der Waals surface area contributed by atoms with Crippen LogP contribution in [-0.4, -0.2) is 6.54 Å². The fourth-order valence-electron chi connectivity index (χ4n) is 0. The fourth-order valence-corrected chi connectivity index (χ4v) is 0. The van der Waals surface area contributed by atoms with Crippen molar-refractivity contribution in [2.75, 3.05) is 6.54 Å². The van der Waals surface area contributed by atoms with Crippen molar-refractivity contribution >= 4 is 0 Å². The molecule has 1 N–H and O–H groups in total. The maximum atomic E-state index is 6.21. The first-order valence-electron chi connectivity index (χ1n) is 1.06. The van der Waals surface area contributed by atoms with Crippen LogP contribution in [0.15, 0.2) is 0 Å². The van der Waals surface area contributed by atoms with Gasteiger partial charge in [0.15, 0.2) is 0 Å². The first-order valence-corrected chi connectivity index (χ1v) is 1.06. The van der Waals surface area contributed by atoms with Gasteiger partial charge in [0.25, 0.3) is 0 Å². The van der Waals surface area contributed by atoms with E-state index in [9.17, 15) is 0 Å². The Morgan fingerprint density at radius 2 is 1.60 bits per heavy atom. The summed E-state index contributed by atoms with van der Waals surface area (Å²) in [5.41, 5.74) is 6.21. The van der Waals surface area contributed by atoms with Crippen LogP contribution in [0.5, 0.6) is 0 Å². The van der Waals surface area contributed by atoms with E-state index in [-0.39, 0.29) is 33.3 Å². The smallest absolute Gasteiger partial charge is 0 e. The van der Waals surface area contributed by atoms with Crippen LogP contribution in [-0.2, 0) is 25.8 Å². The summed E-state index contributed by atoms with van der Waals surface area (Å²) >= 11 is 0. The van der Waals surface area contributed by atoms with Gasteiger partial charge in [-0.2, -0.15) is 6.54 Å². The Hall–Kier alpha value is 0.830. The van der Waals surface area contributed by atoms with Crippen molar-refractivity contribution in [2.24, 2.45) is 0 Å². The Kier molecular flexibility index (Phi) is 71.9. The van der Waals surface area contributed by atoms with Gasteiger partial charge in [0.2, 0.25) is 0 Å². The van der Waals surface area contributed by atoms with Gasteiger partial charge >= 0.3 is 0 Å². The van der Waals surface area contributed by atoms with Crippen LogP contribution in [0.4, 0.5) is 0 Å². The quantitative estimate of drug-likeness (QED) is 0.451. The fraction of sp³-hybridized carbons (Fsp3) is 0.667. The molecule has 0 bridgehead atoms. The molecule has 1 nitrogen and oxygen atoms in total. The Bertz CT molecular complexity index is 6.85. The van der Waals surface area contributed by atoms with E-state index in [1.54, 1.807) is 6.92 Å². The molecular formula is C3H9HfN-2. The summed E-state index contributed by atoms with van der Waals surface area (Å²) in [4.78, 5) is 0. The summed E-state index contributed by atoms with van der Waals surface area (Å²) in [7, 11) is 0. The Morgan fingerprint density at radius 1 is 1.60 bits per heavy atom. The van der Waals surface area contributed by atoms with Gasteiger partial charge in [-0.1, -0.05) is 6.92 Å². The second kappa shape index (κ2) is 21.2. The number of hydrogen-bond donors (Lipinski definition) is 0. The Labute approximate surface area is 52.7 Å². The van der Waals surface area contributed by atoms with Gasteiger partial charge in [0, 0.05) is 25.8 Å². The monoisotopic (exact) mass is 239 g/mol. The van der Waals surface area contributed by atoms with Crippen molar-refractivity contribution in [3.05, 3.63) is 13.2 Å². The zero-order valence-corrected chi connectivity index (χ0v) is 7.30. The standard InChI is InChI=1S/C2H6N.CH3.Hf/c1-2-3;;/h3H,2H2,1H3;1H3;/q2*-1;. The molecule has 0 rings (SSSR count). The topological polar surface area (TPSA) is 23.8 Å². The molecule has 0 aliphatic rings. The molecule has 0 aromatic rings. The molecule has 0 saturated heterocycles. The molecule has 0 saturated carbocycles. The Morgan fingerprint density at radius 3 is 1.60 bits per heavy atom. The van der Waals surface area contributed by atoms with Crippen molar-refractivity contribution < 1.29 is 25.8 Å². The van der Waals surface area contributed by atoms with Gasteiger partial charge in [-0.3, -0.25) is 0 Å². The first kappa shape index (κ1) is 17.0. The molecule has 0 radical (unpaired) electrons. The second-order valence-corrected chi connectivity index (χ2v) is 0.354. The molecule has 32 valence electrons. The molecule has 0 atom stereocenters. The van der Waals surface area contributed by atoms with E-state index in [1.165, 1.54) is 0 Å². The van der Waals surface area contributed by atoms with Crippen molar-refractivity contribution in [3.63, 3.8) is 0 Å². The molecule has 0 amide bonds. The van der Waals surface area contributed by atoms with Crippen molar-refractivity contribution in [1.82, 2.24) is 0 Å². The molecule has 0 aliphatic heterocycles. The van der Waals surface area contributed by atoms with Crippen molar-refractivity contribution in [2.45, 2.75) is 6.92 Å². The van der Waals surface area contributed by atoms with E-state index >= 15 is 0 Å². The van der Waals surface area contributed by atoms with Crippen LogP contribution < -0.4 is 0 Å². The molecule has 0 spiro atoms. The van der Waals surface area contributed by atoms with Crippen LogP contribution in [0, 0.1) is 7.43 Å².